The monoisotopic (exact) mass is 130 g/mol. The Hall–Kier alpha value is -0.340. The maximum Gasteiger partial charge on any atom is 0.0538 e. The lowest BCUT2D eigenvalue weighted by Gasteiger charge is -2.22. The van der Waals surface area contributed by atoms with Crippen LogP contribution in [0.2, 0.25) is 0 Å². The van der Waals surface area contributed by atoms with Gasteiger partial charge in [-0.1, -0.05) is 6.08 Å². The molecule has 1 N–H and O–H groups in total. The number of hydrogen-bond donors (Lipinski definition) is 1. The molecule has 54 valence electrons. The van der Waals surface area contributed by atoms with Gasteiger partial charge in [-0.3, -0.25) is 0 Å². The molecule has 0 aromatic carbocycles. The van der Waals surface area contributed by atoms with Gasteiger partial charge in [-0.2, -0.15) is 0 Å². The van der Waals surface area contributed by atoms with Crippen LogP contribution in [0.15, 0.2) is 12.7 Å². The molecule has 1 aliphatic heterocycles. The van der Waals surface area contributed by atoms with Crippen molar-refractivity contribution in [2.45, 2.75) is 6.92 Å². The van der Waals surface area contributed by atoms with Crippen LogP contribution in [-0.2, 0) is 4.74 Å². The quantitative estimate of drug-likeness (QED) is 0.532. The summed E-state index contributed by atoms with van der Waals surface area (Å²) in [6.45, 7) is 7.06. The lowest BCUT2D eigenvalue weighted by atomic mass is 10.1. The largest absolute Gasteiger partial charge is 0.396 e. The minimum Gasteiger partial charge on any atom is -0.396 e. The van der Waals surface area contributed by atoms with Gasteiger partial charge in [0.25, 0.3) is 0 Å². The van der Waals surface area contributed by atoms with Crippen molar-refractivity contribution in [2.24, 2.45) is 5.92 Å². The summed E-state index contributed by atoms with van der Waals surface area (Å²) < 4.78 is 4.77. The van der Waals surface area contributed by atoms with Crippen molar-refractivity contribution in [3.63, 3.8) is 0 Å². The Bertz CT molecular complexity index is 64.6. The molecule has 1 fully saturated rings. The van der Waals surface area contributed by atoms with E-state index in [1.807, 2.05) is 6.92 Å². The summed E-state index contributed by atoms with van der Waals surface area (Å²) in [7, 11) is 0. The Labute approximate surface area is 56.1 Å². The molecule has 0 atom stereocenters. The first-order valence-electron chi connectivity index (χ1n) is 3.10. The predicted octanol–water partition coefficient (Wildman–Crippen LogP) is 0.817. The van der Waals surface area contributed by atoms with Gasteiger partial charge in [-0.25, -0.2) is 0 Å². The van der Waals surface area contributed by atoms with Gasteiger partial charge in [0.05, 0.1) is 19.8 Å². The zero-order valence-electron chi connectivity index (χ0n) is 5.84. The van der Waals surface area contributed by atoms with Crippen molar-refractivity contribution in [3.05, 3.63) is 12.7 Å². The molecular formula is C7H14O2. The summed E-state index contributed by atoms with van der Waals surface area (Å²) in [5.74, 6) is 0.449. The number of aliphatic hydroxyl groups excluding tert-OH is 1. The smallest absolute Gasteiger partial charge is 0.0538 e. The first-order chi connectivity index (χ1) is 4.35. The summed E-state index contributed by atoms with van der Waals surface area (Å²) in [5.41, 5.74) is 0. The van der Waals surface area contributed by atoms with Gasteiger partial charge in [0.1, 0.15) is 0 Å². The molecule has 0 spiro atoms. The molecule has 0 aliphatic carbocycles. The molecule has 1 saturated heterocycles. The summed E-state index contributed by atoms with van der Waals surface area (Å²) in [5, 5.41) is 8.31. The van der Waals surface area contributed by atoms with Crippen LogP contribution < -0.4 is 0 Å². The van der Waals surface area contributed by atoms with Gasteiger partial charge >= 0.3 is 0 Å². The number of aliphatic hydroxyl groups is 1. The van der Waals surface area contributed by atoms with E-state index >= 15 is 0 Å². The van der Waals surface area contributed by atoms with E-state index in [0.29, 0.717) is 12.5 Å². The normalized spacial score (nSPS) is 17.1. The molecule has 0 aromatic rings. The molecule has 0 aromatic heterocycles. The van der Waals surface area contributed by atoms with Gasteiger partial charge in [-0.05, 0) is 6.92 Å². The molecule has 0 bridgehead atoms. The van der Waals surface area contributed by atoms with Crippen LogP contribution in [0.1, 0.15) is 6.92 Å². The van der Waals surface area contributed by atoms with Gasteiger partial charge < -0.3 is 9.84 Å². The molecule has 2 nitrogen and oxygen atoms in total. The van der Waals surface area contributed by atoms with Crippen LogP contribution in [-0.4, -0.2) is 24.9 Å². The highest BCUT2D eigenvalue weighted by Crippen LogP contribution is 2.06. The molecule has 0 amide bonds. The van der Waals surface area contributed by atoms with E-state index in [2.05, 4.69) is 6.58 Å². The topological polar surface area (TPSA) is 29.5 Å². The van der Waals surface area contributed by atoms with E-state index in [1.54, 1.807) is 6.08 Å². The van der Waals surface area contributed by atoms with E-state index in [1.165, 1.54) is 0 Å². The Morgan fingerprint density at radius 2 is 2.22 bits per heavy atom. The highest BCUT2D eigenvalue weighted by molar-refractivity contribution is 4.61. The maximum absolute atomic E-state index is 8.31. The summed E-state index contributed by atoms with van der Waals surface area (Å²) in [4.78, 5) is 0. The molecule has 2 heteroatoms. The second-order valence-electron chi connectivity index (χ2n) is 1.99. The van der Waals surface area contributed by atoms with Gasteiger partial charge in [0.15, 0.2) is 0 Å². The molecule has 1 aliphatic rings. The van der Waals surface area contributed by atoms with Crippen LogP contribution in [0, 0.1) is 5.92 Å². The minimum absolute atomic E-state index is 0.292. The third-order valence-corrected chi connectivity index (χ3v) is 0.965. The molecular weight excluding hydrogens is 116 g/mol. The molecule has 0 radical (unpaired) electrons. The van der Waals surface area contributed by atoms with Gasteiger partial charge in [0, 0.05) is 5.92 Å². The molecule has 1 heterocycles. The minimum atomic E-state index is 0.292. The van der Waals surface area contributed by atoms with Gasteiger partial charge in [-0.15, -0.1) is 6.58 Å². The van der Waals surface area contributed by atoms with Crippen molar-refractivity contribution in [1.82, 2.24) is 0 Å². The molecule has 1 rings (SSSR count). The fourth-order valence-corrected chi connectivity index (χ4v) is 0.390. The Kier molecular flexibility index (Phi) is 5.57. The lowest BCUT2D eigenvalue weighted by Crippen LogP contribution is -2.30. The third kappa shape index (κ3) is 4.18. The van der Waals surface area contributed by atoms with Crippen LogP contribution in [0.25, 0.3) is 0 Å². The average molecular weight is 130 g/mol. The first-order valence-corrected chi connectivity index (χ1v) is 3.10. The fraction of sp³-hybridized carbons (Fsp3) is 0.714. The highest BCUT2D eigenvalue weighted by Gasteiger charge is 2.15. The Morgan fingerprint density at radius 3 is 2.22 bits per heavy atom. The molecule has 0 unspecified atom stereocenters. The van der Waals surface area contributed by atoms with E-state index < -0.39 is 0 Å². The second kappa shape index (κ2) is 5.79. The average Bonchev–Trinajstić information content (AvgIpc) is 1.64. The van der Waals surface area contributed by atoms with Crippen molar-refractivity contribution < 1.29 is 9.84 Å². The Balaban J connectivity index is 0.000000187. The highest BCUT2D eigenvalue weighted by atomic mass is 16.5. The standard InChI is InChI=1S/C4H8O2.C3H6/c5-1-4-2-6-3-4;1-3-2/h4-5H,1-3H2;3H,1H2,2H3. The fourth-order valence-electron chi connectivity index (χ4n) is 0.390. The zero-order valence-corrected chi connectivity index (χ0v) is 5.84. The lowest BCUT2D eigenvalue weighted by molar-refractivity contribution is -0.0554. The van der Waals surface area contributed by atoms with Crippen molar-refractivity contribution >= 4 is 0 Å². The SMILES string of the molecule is C=CC.OCC1COC1. The van der Waals surface area contributed by atoms with Crippen molar-refractivity contribution in [3.8, 4) is 0 Å². The number of ether oxygens (including phenoxy) is 1. The van der Waals surface area contributed by atoms with Crippen LogP contribution >= 0.6 is 0 Å². The van der Waals surface area contributed by atoms with E-state index in [4.69, 9.17) is 9.84 Å². The molecule has 9 heavy (non-hydrogen) atoms. The summed E-state index contributed by atoms with van der Waals surface area (Å²) in [6, 6.07) is 0. The maximum atomic E-state index is 8.31. The zero-order chi connectivity index (χ0) is 7.11. The second-order valence-corrected chi connectivity index (χ2v) is 1.99. The number of rotatable bonds is 1. The first kappa shape index (κ1) is 8.66. The van der Waals surface area contributed by atoms with Crippen molar-refractivity contribution in [1.29, 1.82) is 0 Å². The number of hydrogen-bond acceptors (Lipinski definition) is 2. The Morgan fingerprint density at radius 1 is 1.78 bits per heavy atom. The third-order valence-electron chi connectivity index (χ3n) is 0.965. The van der Waals surface area contributed by atoms with Crippen LogP contribution in [0.4, 0.5) is 0 Å². The van der Waals surface area contributed by atoms with E-state index in [-0.39, 0.29) is 0 Å². The molecule has 0 saturated carbocycles. The summed E-state index contributed by atoms with van der Waals surface area (Å²) >= 11 is 0. The van der Waals surface area contributed by atoms with Crippen molar-refractivity contribution in [2.75, 3.05) is 19.8 Å². The number of allylic oxidation sites excluding steroid dienone is 1. The predicted molar refractivity (Wildman–Crippen MR) is 37.3 cm³/mol. The summed E-state index contributed by atoms with van der Waals surface area (Å²) in [6.07, 6.45) is 1.75. The van der Waals surface area contributed by atoms with E-state index in [0.717, 1.165) is 13.2 Å². The van der Waals surface area contributed by atoms with Gasteiger partial charge in [0.2, 0.25) is 0 Å². The van der Waals surface area contributed by atoms with Crippen LogP contribution in [0.3, 0.4) is 0 Å². The van der Waals surface area contributed by atoms with E-state index in [9.17, 15) is 0 Å². The van der Waals surface area contributed by atoms with Crippen LogP contribution in [0.5, 0.6) is 0 Å².